The molecule has 0 bridgehead atoms. The quantitative estimate of drug-likeness (QED) is 0.886. The number of phenols is 1. The molecule has 0 aliphatic carbocycles. The number of rotatable bonds is 4. The topological polar surface area (TPSA) is 49.7 Å². The maximum atomic E-state index is 10.6. The lowest BCUT2D eigenvalue weighted by atomic mass is 9.89. The number of phenolic OH excluding ortho intramolecular Hbond substituents is 1. The van der Waals surface area contributed by atoms with Gasteiger partial charge in [0.1, 0.15) is 11.5 Å². The Morgan fingerprint density at radius 1 is 1.05 bits per heavy atom. The normalized spacial score (nSPS) is 13.8. The lowest BCUT2D eigenvalue weighted by molar-refractivity contribution is 0.0569. The number of aromatic hydroxyl groups is 1. The summed E-state index contributed by atoms with van der Waals surface area (Å²) in [5.74, 6) is 0.957. The Morgan fingerprint density at radius 2 is 1.68 bits per heavy atom. The molecule has 2 aromatic rings. The number of hydrogen-bond acceptors (Lipinski definition) is 3. The van der Waals surface area contributed by atoms with Crippen LogP contribution in [0, 0.1) is 0 Å². The van der Waals surface area contributed by atoms with Crippen molar-refractivity contribution in [1.82, 2.24) is 0 Å². The van der Waals surface area contributed by atoms with E-state index in [0.29, 0.717) is 6.42 Å². The van der Waals surface area contributed by atoms with Crippen LogP contribution in [0.4, 0.5) is 0 Å². The standard InChI is InChI=1S/C16H18O3/c1-16(18,13-7-9-14(17)10-8-13)11-12-5-3-4-6-15(12)19-2/h3-10,17-18H,11H2,1-2H3. The van der Waals surface area contributed by atoms with Crippen molar-refractivity contribution >= 4 is 0 Å². The molecule has 0 saturated heterocycles. The molecule has 0 radical (unpaired) electrons. The SMILES string of the molecule is COc1ccccc1CC(C)(O)c1ccc(O)cc1. The minimum Gasteiger partial charge on any atom is -0.508 e. The van der Waals surface area contributed by atoms with E-state index in [2.05, 4.69) is 0 Å². The molecule has 0 fully saturated rings. The Hall–Kier alpha value is -2.00. The third kappa shape index (κ3) is 3.06. The third-order valence-electron chi connectivity index (χ3n) is 3.22. The van der Waals surface area contributed by atoms with Gasteiger partial charge in [-0.2, -0.15) is 0 Å². The van der Waals surface area contributed by atoms with E-state index < -0.39 is 5.60 Å². The Bertz CT molecular complexity index is 544. The van der Waals surface area contributed by atoms with Crippen LogP contribution in [0.5, 0.6) is 11.5 Å². The summed E-state index contributed by atoms with van der Waals surface area (Å²) in [5, 5.41) is 19.9. The Kier molecular flexibility index (Phi) is 3.76. The van der Waals surface area contributed by atoms with E-state index in [4.69, 9.17) is 4.74 Å². The van der Waals surface area contributed by atoms with Gasteiger partial charge in [0.25, 0.3) is 0 Å². The smallest absolute Gasteiger partial charge is 0.122 e. The van der Waals surface area contributed by atoms with E-state index in [-0.39, 0.29) is 5.75 Å². The van der Waals surface area contributed by atoms with E-state index in [0.717, 1.165) is 16.9 Å². The van der Waals surface area contributed by atoms with Crippen molar-refractivity contribution in [2.75, 3.05) is 7.11 Å². The van der Waals surface area contributed by atoms with Crippen molar-refractivity contribution in [2.24, 2.45) is 0 Å². The maximum Gasteiger partial charge on any atom is 0.122 e. The average molecular weight is 258 g/mol. The number of methoxy groups -OCH3 is 1. The zero-order valence-electron chi connectivity index (χ0n) is 11.1. The molecule has 100 valence electrons. The molecular formula is C16H18O3. The first-order valence-corrected chi connectivity index (χ1v) is 6.17. The minimum atomic E-state index is -1.01. The average Bonchev–Trinajstić information content (AvgIpc) is 2.39. The number of benzene rings is 2. The molecule has 1 unspecified atom stereocenters. The molecule has 0 saturated carbocycles. The monoisotopic (exact) mass is 258 g/mol. The molecule has 3 heteroatoms. The molecule has 2 N–H and O–H groups in total. The summed E-state index contributed by atoms with van der Waals surface area (Å²) in [4.78, 5) is 0. The number of hydrogen-bond donors (Lipinski definition) is 2. The highest BCUT2D eigenvalue weighted by Gasteiger charge is 2.24. The fraction of sp³-hybridized carbons (Fsp3) is 0.250. The Labute approximate surface area is 113 Å². The van der Waals surface area contributed by atoms with Crippen LogP contribution in [0.1, 0.15) is 18.1 Å². The third-order valence-corrected chi connectivity index (χ3v) is 3.22. The van der Waals surface area contributed by atoms with E-state index in [1.807, 2.05) is 24.3 Å². The molecule has 2 rings (SSSR count). The van der Waals surface area contributed by atoms with Gasteiger partial charge in [-0.15, -0.1) is 0 Å². The molecule has 19 heavy (non-hydrogen) atoms. The van der Waals surface area contributed by atoms with Gasteiger partial charge in [-0.3, -0.25) is 0 Å². The lowest BCUT2D eigenvalue weighted by Gasteiger charge is -2.25. The van der Waals surface area contributed by atoms with Crippen LogP contribution in [0.25, 0.3) is 0 Å². The Morgan fingerprint density at radius 3 is 2.32 bits per heavy atom. The zero-order chi connectivity index (χ0) is 13.9. The van der Waals surface area contributed by atoms with Gasteiger partial charge in [-0.25, -0.2) is 0 Å². The first-order chi connectivity index (χ1) is 9.03. The van der Waals surface area contributed by atoms with Crippen molar-refractivity contribution < 1.29 is 14.9 Å². The number of ether oxygens (including phenoxy) is 1. The van der Waals surface area contributed by atoms with E-state index in [9.17, 15) is 10.2 Å². The summed E-state index contributed by atoms with van der Waals surface area (Å²) < 4.78 is 5.30. The summed E-state index contributed by atoms with van der Waals surface area (Å²) in [6.07, 6.45) is 0.446. The summed E-state index contributed by atoms with van der Waals surface area (Å²) in [5.41, 5.74) is 0.696. The van der Waals surface area contributed by atoms with Crippen molar-refractivity contribution in [1.29, 1.82) is 0 Å². The highest BCUT2D eigenvalue weighted by molar-refractivity contribution is 5.37. The van der Waals surface area contributed by atoms with Crippen molar-refractivity contribution in [3.63, 3.8) is 0 Å². The summed E-state index contributed by atoms with van der Waals surface area (Å²) in [7, 11) is 1.62. The second-order valence-corrected chi connectivity index (χ2v) is 4.81. The largest absolute Gasteiger partial charge is 0.508 e. The number of para-hydroxylation sites is 1. The lowest BCUT2D eigenvalue weighted by Crippen LogP contribution is -2.24. The van der Waals surface area contributed by atoms with Crippen LogP contribution in [0.15, 0.2) is 48.5 Å². The summed E-state index contributed by atoms with van der Waals surface area (Å²) in [6.45, 7) is 1.76. The molecule has 0 aliphatic heterocycles. The molecular weight excluding hydrogens is 240 g/mol. The molecule has 0 spiro atoms. The molecule has 2 aromatic carbocycles. The van der Waals surface area contributed by atoms with Gasteiger partial charge in [-0.1, -0.05) is 30.3 Å². The number of aliphatic hydroxyl groups is 1. The van der Waals surface area contributed by atoms with Crippen LogP contribution in [-0.4, -0.2) is 17.3 Å². The van der Waals surface area contributed by atoms with Gasteiger partial charge < -0.3 is 14.9 Å². The molecule has 0 aromatic heterocycles. The zero-order valence-corrected chi connectivity index (χ0v) is 11.1. The van der Waals surface area contributed by atoms with Crippen LogP contribution in [0.2, 0.25) is 0 Å². The highest BCUT2D eigenvalue weighted by Crippen LogP contribution is 2.30. The molecule has 1 atom stereocenters. The van der Waals surface area contributed by atoms with Gasteiger partial charge in [0.05, 0.1) is 12.7 Å². The van der Waals surface area contributed by atoms with Gasteiger partial charge in [0, 0.05) is 6.42 Å². The van der Waals surface area contributed by atoms with Crippen LogP contribution >= 0.6 is 0 Å². The highest BCUT2D eigenvalue weighted by atomic mass is 16.5. The van der Waals surface area contributed by atoms with Gasteiger partial charge in [0.15, 0.2) is 0 Å². The van der Waals surface area contributed by atoms with Gasteiger partial charge in [0.2, 0.25) is 0 Å². The predicted molar refractivity (Wildman–Crippen MR) is 74.4 cm³/mol. The van der Waals surface area contributed by atoms with Gasteiger partial charge >= 0.3 is 0 Å². The minimum absolute atomic E-state index is 0.192. The van der Waals surface area contributed by atoms with Gasteiger partial charge in [-0.05, 0) is 36.2 Å². The first-order valence-electron chi connectivity index (χ1n) is 6.17. The van der Waals surface area contributed by atoms with Crippen LogP contribution in [-0.2, 0) is 12.0 Å². The molecule has 0 heterocycles. The summed E-state index contributed by atoms with van der Waals surface area (Å²) in [6, 6.07) is 14.2. The summed E-state index contributed by atoms with van der Waals surface area (Å²) >= 11 is 0. The van der Waals surface area contributed by atoms with E-state index in [1.165, 1.54) is 0 Å². The fourth-order valence-corrected chi connectivity index (χ4v) is 2.14. The molecule has 3 nitrogen and oxygen atoms in total. The molecule has 0 amide bonds. The first kappa shape index (κ1) is 13.4. The van der Waals surface area contributed by atoms with Crippen molar-refractivity contribution in [3.05, 3.63) is 59.7 Å². The van der Waals surface area contributed by atoms with E-state index in [1.54, 1.807) is 38.3 Å². The van der Waals surface area contributed by atoms with Crippen molar-refractivity contribution in [2.45, 2.75) is 18.9 Å². The van der Waals surface area contributed by atoms with E-state index >= 15 is 0 Å². The Balaban J connectivity index is 2.27. The molecule has 0 aliphatic rings. The second-order valence-electron chi connectivity index (χ2n) is 4.81. The fourth-order valence-electron chi connectivity index (χ4n) is 2.14. The maximum absolute atomic E-state index is 10.6. The predicted octanol–water partition coefficient (Wildman–Crippen LogP) is 2.85. The van der Waals surface area contributed by atoms with Crippen LogP contribution < -0.4 is 4.74 Å². The second kappa shape index (κ2) is 5.33. The van der Waals surface area contributed by atoms with Crippen molar-refractivity contribution in [3.8, 4) is 11.5 Å². The van der Waals surface area contributed by atoms with Crippen LogP contribution in [0.3, 0.4) is 0 Å².